The number of halogens is 1. The Bertz CT molecular complexity index is 610. The van der Waals surface area contributed by atoms with E-state index in [1.807, 2.05) is 40.8 Å². The summed E-state index contributed by atoms with van der Waals surface area (Å²) in [4.78, 5) is 27.3. The second-order valence-corrected chi connectivity index (χ2v) is 4.75. The zero-order valence-electron chi connectivity index (χ0n) is 9.34. The summed E-state index contributed by atoms with van der Waals surface area (Å²) >= 11 is 1.89. The Balaban J connectivity index is 2.08. The molecule has 92 valence electrons. The Morgan fingerprint density at radius 1 is 1.33 bits per heavy atom. The first-order valence-electron chi connectivity index (χ1n) is 5.21. The number of hydrogen-bond acceptors (Lipinski definition) is 3. The standard InChI is InChI=1S/C12H10IN3O2/c13-10-6-14-8-16(12(10)18)7-11(17)15-9-4-2-1-3-5-9/h1-6,8H,7H2,(H,15,17). The van der Waals surface area contributed by atoms with Crippen LogP contribution in [0.15, 0.2) is 47.7 Å². The van der Waals surface area contributed by atoms with E-state index in [1.54, 1.807) is 12.1 Å². The Hall–Kier alpha value is -1.70. The van der Waals surface area contributed by atoms with Gasteiger partial charge in [-0.05, 0) is 34.7 Å². The van der Waals surface area contributed by atoms with E-state index in [1.165, 1.54) is 17.1 Å². The highest BCUT2D eigenvalue weighted by molar-refractivity contribution is 14.1. The minimum absolute atomic E-state index is 0.0441. The number of rotatable bonds is 3. The number of anilines is 1. The molecule has 2 rings (SSSR count). The zero-order valence-corrected chi connectivity index (χ0v) is 11.5. The first-order valence-corrected chi connectivity index (χ1v) is 6.29. The largest absolute Gasteiger partial charge is 0.325 e. The molecule has 0 fully saturated rings. The maximum absolute atomic E-state index is 11.7. The molecule has 0 atom stereocenters. The molecule has 0 aliphatic carbocycles. The molecule has 1 aromatic heterocycles. The third-order valence-corrected chi connectivity index (χ3v) is 2.97. The van der Waals surface area contributed by atoms with Crippen molar-refractivity contribution in [3.05, 3.63) is 56.8 Å². The summed E-state index contributed by atoms with van der Waals surface area (Å²) in [5.41, 5.74) is 0.489. The van der Waals surface area contributed by atoms with Crippen LogP contribution in [0.2, 0.25) is 0 Å². The number of hydrogen-bond donors (Lipinski definition) is 1. The van der Waals surface area contributed by atoms with Gasteiger partial charge < -0.3 is 5.32 Å². The average molecular weight is 355 g/mol. The molecule has 1 heterocycles. The highest BCUT2D eigenvalue weighted by Gasteiger charge is 2.06. The van der Waals surface area contributed by atoms with Crippen LogP contribution in [0.5, 0.6) is 0 Å². The van der Waals surface area contributed by atoms with Crippen molar-refractivity contribution in [3.63, 3.8) is 0 Å². The summed E-state index contributed by atoms with van der Waals surface area (Å²) in [6.07, 6.45) is 2.82. The predicted octanol–water partition coefficient (Wildman–Crippen LogP) is 1.49. The monoisotopic (exact) mass is 355 g/mol. The third-order valence-electron chi connectivity index (χ3n) is 2.23. The van der Waals surface area contributed by atoms with Gasteiger partial charge in [-0.1, -0.05) is 18.2 Å². The van der Waals surface area contributed by atoms with Crippen LogP contribution in [0.3, 0.4) is 0 Å². The maximum Gasteiger partial charge on any atom is 0.267 e. The minimum atomic E-state index is -0.257. The molecule has 1 N–H and O–H groups in total. The van der Waals surface area contributed by atoms with Crippen LogP contribution in [-0.4, -0.2) is 15.5 Å². The molecule has 5 nitrogen and oxygen atoms in total. The van der Waals surface area contributed by atoms with Crippen molar-refractivity contribution in [3.8, 4) is 0 Å². The van der Waals surface area contributed by atoms with E-state index in [2.05, 4.69) is 10.3 Å². The first-order chi connectivity index (χ1) is 8.66. The molecule has 0 saturated heterocycles. The summed E-state index contributed by atoms with van der Waals surface area (Å²) < 4.78 is 1.77. The summed E-state index contributed by atoms with van der Waals surface area (Å²) in [7, 11) is 0. The number of amides is 1. The lowest BCUT2D eigenvalue weighted by Gasteiger charge is -2.06. The third kappa shape index (κ3) is 3.16. The fourth-order valence-corrected chi connectivity index (χ4v) is 1.88. The summed E-state index contributed by atoms with van der Waals surface area (Å²) in [6.45, 7) is -0.0441. The van der Waals surface area contributed by atoms with Crippen LogP contribution in [0.1, 0.15) is 0 Å². The van der Waals surface area contributed by atoms with E-state index in [-0.39, 0.29) is 18.0 Å². The zero-order chi connectivity index (χ0) is 13.0. The van der Waals surface area contributed by atoms with Gasteiger partial charge in [0, 0.05) is 11.9 Å². The van der Waals surface area contributed by atoms with E-state index < -0.39 is 0 Å². The van der Waals surface area contributed by atoms with Gasteiger partial charge >= 0.3 is 0 Å². The molecular weight excluding hydrogens is 345 g/mol. The van der Waals surface area contributed by atoms with Crippen molar-refractivity contribution in [1.82, 2.24) is 9.55 Å². The van der Waals surface area contributed by atoms with Gasteiger partial charge in [0.25, 0.3) is 5.56 Å². The number of para-hydroxylation sites is 1. The van der Waals surface area contributed by atoms with Crippen molar-refractivity contribution in [2.24, 2.45) is 0 Å². The number of nitrogens with one attached hydrogen (secondary N) is 1. The lowest BCUT2D eigenvalue weighted by atomic mass is 10.3. The normalized spacial score (nSPS) is 10.1. The van der Waals surface area contributed by atoms with E-state index >= 15 is 0 Å². The number of aromatic nitrogens is 2. The quantitative estimate of drug-likeness (QED) is 0.849. The molecule has 0 bridgehead atoms. The van der Waals surface area contributed by atoms with Gasteiger partial charge in [-0.3, -0.25) is 14.2 Å². The van der Waals surface area contributed by atoms with E-state index in [0.717, 1.165) is 0 Å². The Labute approximate surface area is 117 Å². The highest BCUT2D eigenvalue weighted by Crippen LogP contribution is 2.04. The summed E-state index contributed by atoms with van der Waals surface area (Å²) in [5.74, 6) is -0.257. The number of carbonyl (C=O) groups is 1. The van der Waals surface area contributed by atoms with Crippen LogP contribution in [0.25, 0.3) is 0 Å². The fourth-order valence-electron chi connectivity index (χ4n) is 1.41. The predicted molar refractivity (Wildman–Crippen MR) is 76.3 cm³/mol. The Morgan fingerprint density at radius 3 is 2.78 bits per heavy atom. The van der Waals surface area contributed by atoms with Gasteiger partial charge in [-0.15, -0.1) is 0 Å². The van der Waals surface area contributed by atoms with Crippen molar-refractivity contribution < 1.29 is 4.79 Å². The molecule has 0 spiro atoms. The van der Waals surface area contributed by atoms with Crippen molar-refractivity contribution >= 4 is 34.2 Å². The van der Waals surface area contributed by atoms with Crippen LogP contribution < -0.4 is 10.9 Å². The van der Waals surface area contributed by atoms with Crippen molar-refractivity contribution in [2.45, 2.75) is 6.54 Å². The van der Waals surface area contributed by atoms with Crippen LogP contribution >= 0.6 is 22.6 Å². The molecule has 1 amide bonds. The summed E-state index contributed by atoms with van der Waals surface area (Å²) in [5, 5.41) is 2.71. The number of nitrogens with zero attached hydrogens (tertiary/aromatic N) is 2. The molecular formula is C12H10IN3O2. The van der Waals surface area contributed by atoms with Crippen molar-refractivity contribution in [2.75, 3.05) is 5.32 Å². The van der Waals surface area contributed by atoms with Crippen molar-refractivity contribution in [1.29, 1.82) is 0 Å². The molecule has 0 radical (unpaired) electrons. The van der Waals surface area contributed by atoms with Gasteiger partial charge in [0.15, 0.2) is 0 Å². The smallest absolute Gasteiger partial charge is 0.267 e. The van der Waals surface area contributed by atoms with Gasteiger partial charge in [-0.25, -0.2) is 4.98 Å². The lowest BCUT2D eigenvalue weighted by Crippen LogP contribution is -2.28. The molecule has 0 saturated carbocycles. The molecule has 18 heavy (non-hydrogen) atoms. The molecule has 6 heteroatoms. The van der Waals surface area contributed by atoms with Gasteiger partial charge in [0.2, 0.25) is 5.91 Å². The first kappa shape index (κ1) is 12.7. The topological polar surface area (TPSA) is 64.0 Å². The summed E-state index contributed by atoms with van der Waals surface area (Å²) in [6, 6.07) is 9.09. The SMILES string of the molecule is O=C(Cn1cncc(I)c1=O)Nc1ccccc1. The molecule has 0 aliphatic heterocycles. The van der Waals surface area contributed by atoms with Gasteiger partial charge in [-0.2, -0.15) is 0 Å². The van der Waals surface area contributed by atoms with E-state index in [9.17, 15) is 9.59 Å². The van der Waals surface area contributed by atoms with Crippen LogP contribution in [0, 0.1) is 3.57 Å². The Morgan fingerprint density at radius 2 is 2.06 bits per heavy atom. The number of carbonyl (C=O) groups excluding carboxylic acids is 1. The van der Waals surface area contributed by atoms with Gasteiger partial charge in [0.05, 0.1) is 9.90 Å². The number of benzene rings is 1. The van der Waals surface area contributed by atoms with Gasteiger partial charge in [0.1, 0.15) is 6.54 Å². The van der Waals surface area contributed by atoms with E-state index in [4.69, 9.17) is 0 Å². The van der Waals surface area contributed by atoms with Crippen LogP contribution in [-0.2, 0) is 11.3 Å². The minimum Gasteiger partial charge on any atom is -0.325 e. The molecule has 2 aromatic rings. The maximum atomic E-state index is 11.7. The molecule has 1 aromatic carbocycles. The second kappa shape index (κ2) is 5.76. The molecule has 0 unspecified atom stereocenters. The van der Waals surface area contributed by atoms with E-state index in [0.29, 0.717) is 9.26 Å². The second-order valence-electron chi connectivity index (χ2n) is 3.59. The van der Waals surface area contributed by atoms with Crippen LogP contribution in [0.4, 0.5) is 5.69 Å². The lowest BCUT2D eigenvalue weighted by molar-refractivity contribution is -0.116. The Kier molecular flexibility index (Phi) is 4.08. The highest BCUT2D eigenvalue weighted by atomic mass is 127. The average Bonchev–Trinajstić information content (AvgIpc) is 2.36. The fraction of sp³-hybridized carbons (Fsp3) is 0.0833. The molecule has 0 aliphatic rings.